The number of carbonyl (C=O) groups is 3. The van der Waals surface area contributed by atoms with Crippen molar-refractivity contribution in [1.29, 1.82) is 0 Å². The number of amides is 2. The van der Waals surface area contributed by atoms with Crippen molar-refractivity contribution in [3.63, 3.8) is 0 Å². The molecule has 0 aromatic heterocycles. The normalized spacial score (nSPS) is 23.9. The first-order chi connectivity index (χ1) is 15.0. The molecule has 8 nitrogen and oxygen atoms in total. The summed E-state index contributed by atoms with van der Waals surface area (Å²) < 4.78 is 57.3. The van der Waals surface area contributed by atoms with Crippen LogP contribution in [0.1, 0.15) is 45.6 Å². The maximum absolute atomic E-state index is 14.9. The van der Waals surface area contributed by atoms with E-state index in [4.69, 9.17) is 5.73 Å². The number of carbonyl (C=O) groups excluding carboxylic acids is 3. The highest BCUT2D eigenvalue weighted by Gasteiger charge is 2.55. The molecule has 0 saturated heterocycles. The molecule has 180 valence electrons. The number of anilines is 1. The lowest BCUT2D eigenvalue weighted by atomic mass is 9.67. The average molecular weight is 472 g/mol. The Kier molecular flexibility index (Phi) is 5.71. The number of nitrogens with two attached hydrogens (primary N) is 1. The van der Waals surface area contributed by atoms with Gasteiger partial charge >= 0.3 is 12.1 Å². The van der Waals surface area contributed by atoms with Gasteiger partial charge in [0.05, 0.1) is 5.41 Å². The second-order valence-electron chi connectivity index (χ2n) is 8.92. The van der Waals surface area contributed by atoms with E-state index >= 15 is 0 Å². The molecular formula is C21H24F4N4O4. The molecule has 1 heterocycles. The van der Waals surface area contributed by atoms with E-state index in [-0.39, 0.29) is 30.1 Å². The van der Waals surface area contributed by atoms with Gasteiger partial charge in [-0.3, -0.25) is 14.5 Å². The molecule has 0 bridgehead atoms. The van der Waals surface area contributed by atoms with E-state index in [0.29, 0.717) is 6.42 Å². The van der Waals surface area contributed by atoms with E-state index in [1.807, 2.05) is 0 Å². The van der Waals surface area contributed by atoms with Crippen LogP contribution < -0.4 is 11.1 Å². The van der Waals surface area contributed by atoms with Gasteiger partial charge < -0.3 is 15.8 Å². The molecule has 1 unspecified atom stereocenters. The van der Waals surface area contributed by atoms with Crippen LogP contribution in [0.15, 0.2) is 23.2 Å². The molecule has 1 aliphatic carbocycles. The maximum Gasteiger partial charge on any atom is 0.490 e. The number of halogens is 4. The van der Waals surface area contributed by atoms with E-state index < -0.39 is 46.3 Å². The molecule has 33 heavy (non-hydrogen) atoms. The summed E-state index contributed by atoms with van der Waals surface area (Å²) in [5.74, 6) is -4.67. The Hall–Kier alpha value is -3.18. The predicted molar refractivity (Wildman–Crippen MR) is 109 cm³/mol. The summed E-state index contributed by atoms with van der Waals surface area (Å²) >= 11 is 0. The van der Waals surface area contributed by atoms with Gasteiger partial charge in [0.25, 0.3) is 5.91 Å². The van der Waals surface area contributed by atoms with E-state index in [1.165, 1.54) is 26.1 Å². The van der Waals surface area contributed by atoms with Crippen LogP contribution in [0.2, 0.25) is 0 Å². The fourth-order valence-corrected chi connectivity index (χ4v) is 3.90. The van der Waals surface area contributed by atoms with Crippen molar-refractivity contribution < 1.29 is 36.7 Å². The van der Waals surface area contributed by atoms with Crippen LogP contribution in [0.5, 0.6) is 0 Å². The van der Waals surface area contributed by atoms with Crippen LogP contribution in [-0.4, -0.2) is 47.5 Å². The Morgan fingerprint density at radius 2 is 1.82 bits per heavy atom. The van der Waals surface area contributed by atoms with E-state index in [9.17, 15) is 31.9 Å². The minimum atomic E-state index is -5.25. The lowest BCUT2D eigenvalue weighted by Crippen LogP contribution is -2.58. The molecule has 1 saturated carbocycles. The fourth-order valence-electron chi connectivity index (χ4n) is 3.90. The van der Waals surface area contributed by atoms with Crippen molar-refractivity contribution in [3.05, 3.63) is 29.6 Å². The number of alkyl halides is 3. The van der Waals surface area contributed by atoms with Crippen molar-refractivity contribution in [1.82, 2.24) is 4.90 Å². The highest BCUT2D eigenvalue weighted by molar-refractivity contribution is 6.02. The van der Waals surface area contributed by atoms with E-state index in [1.54, 1.807) is 13.8 Å². The lowest BCUT2D eigenvalue weighted by Gasteiger charge is -2.46. The number of hydrogen-bond donors (Lipinski definition) is 2. The molecule has 1 aromatic carbocycles. The van der Waals surface area contributed by atoms with Crippen molar-refractivity contribution in [2.45, 2.75) is 57.3 Å². The molecule has 3 rings (SSSR count). The smallest absolute Gasteiger partial charge is 0.442 e. The van der Waals surface area contributed by atoms with Crippen molar-refractivity contribution in [2.24, 2.45) is 16.1 Å². The number of rotatable bonds is 4. The molecule has 0 spiro atoms. The number of hydrogen-bond acceptors (Lipinski definition) is 6. The van der Waals surface area contributed by atoms with Gasteiger partial charge in [0.15, 0.2) is 11.6 Å². The van der Waals surface area contributed by atoms with Gasteiger partial charge in [0.2, 0.25) is 5.91 Å². The van der Waals surface area contributed by atoms with Crippen LogP contribution in [0.3, 0.4) is 0 Å². The second-order valence-corrected chi connectivity index (χ2v) is 8.92. The Morgan fingerprint density at radius 3 is 2.33 bits per heavy atom. The molecule has 1 fully saturated rings. The zero-order valence-electron chi connectivity index (χ0n) is 18.5. The molecule has 0 radical (unpaired) electrons. The molecule has 1 atom stereocenters. The average Bonchev–Trinajstić information content (AvgIpc) is 2.68. The Bertz CT molecular complexity index is 1050. The molecule has 12 heteroatoms. The van der Waals surface area contributed by atoms with Crippen molar-refractivity contribution >= 4 is 29.4 Å². The number of esters is 1. The molecule has 2 aliphatic rings. The molecule has 1 aromatic rings. The number of nitrogens with one attached hydrogen (secondary N) is 1. The van der Waals surface area contributed by atoms with Crippen LogP contribution in [0, 0.1) is 11.2 Å². The molecule has 1 aliphatic heterocycles. The van der Waals surface area contributed by atoms with Gasteiger partial charge in [-0.05, 0) is 58.2 Å². The first-order valence-corrected chi connectivity index (χ1v) is 10.1. The predicted octanol–water partition coefficient (Wildman–Crippen LogP) is 2.82. The molecular weight excluding hydrogens is 448 g/mol. The van der Waals surface area contributed by atoms with Gasteiger partial charge in [-0.15, -0.1) is 0 Å². The highest BCUT2D eigenvalue weighted by atomic mass is 19.4. The van der Waals surface area contributed by atoms with Crippen LogP contribution in [0.25, 0.3) is 0 Å². The standard InChI is InChI=1S/C21H24F4N4O4/c1-18(2)15(31)29(4)17(26)28-19(18,3)12-10-11(6-7-13(12)22)27-14(30)20(8-5-9-20)33-16(32)21(23,24)25/h6-7,10H,5,8-9H2,1-4H3,(H2,26,28)(H,27,30). The van der Waals surface area contributed by atoms with Crippen LogP contribution >= 0.6 is 0 Å². The first-order valence-electron chi connectivity index (χ1n) is 10.1. The molecule has 3 N–H and O–H groups in total. The van der Waals surface area contributed by atoms with Gasteiger partial charge in [-0.25, -0.2) is 14.2 Å². The summed E-state index contributed by atoms with van der Waals surface area (Å²) in [5.41, 5.74) is 1.19. The number of nitrogens with zero attached hydrogens (tertiary/aromatic N) is 2. The zero-order chi connectivity index (χ0) is 25.0. The second kappa shape index (κ2) is 7.70. The van der Waals surface area contributed by atoms with E-state index in [0.717, 1.165) is 11.0 Å². The van der Waals surface area contributed by atoms with Gasteiger partial charge in [-0.2, -0.15) is 13.2 Å². The lowest BCUT2D eigenvalue weighted by molar-refractivity contribution is -0.219. The Labute approximate surface area is 187 Å². The Balaban J connectivity index is 1.95. The zero-order valence-corrected chi connectivity index (χ0v) is 18.5. The number of benzene rings is 1. The SMILES string of the molecule is CN1C(=O)C(C)(C)C(C)(c2cc(NC(=O)C3(OC(=O)C(F)(F)F)CCC3)ccc2F)N=C1N. The number of guanidine groups is 1. The third kappa shape index (κ3) is 3.91. The molecule has 2 amide bonds. The topological polar surface area (TPSA) is 114 Å². The van der Waals surface area contributed by atoms with Gasteiger partial charge in [-0.1, -0.05) is 0 Å². The minimum absolute atomic E-state index is 0.0305. The minimum Gasteiger partial charge on any atom is -0.442 e. The first kappa shape index (κ1) is 24.5. The third-order valence-corrected chi connectivity index (χ3v) is 6.58. The van der Waals surface area contributed by atoms with Crippen molar-refractivity contribution in [3.8, 4) is 0 Å². The van der Waals surface area contributed by atoms with Crippen molar-refractivity contribution in [2.75, 3.05) is 12.4 Å². The Morgan fingerprint density at radius 1 is 1.21 bits per heavy atom. The fraction of sp³-hybridized carbons (Fsp3) is 0.524. The monoisotopic (exact) mass is 472 g/mol. The van der Waals surface area contributed by atoms with E-state index in [2.05, 4.69) is 15.0 Å². The highest BCUT2D eigenvalue weighted by Crippen LogP contribution is 2.48. The van der Waals surface area contributed by atoms with Crippen LogP contribution in [0.4, 0.5) is 23.2 Å². The summed E-state index contributed by atoms with van der Waals surface area (Å²) in [7, 11) is 1.44. The number of aliphatic imine (C=N–C) groups is 1. The van der Waals surface area contributed by atoms with Gasteiger partial charge in [0.1, 0.15) is 11.4 Å². The van der Waals surface area contributed by atoms with Gasteiger partial charge in [0, 0.05) is 18.3 Å². The third-order valence-electron chi connectivity index (χ3n) is 6.58. The number of ether oxygens (including phenoxy) is 1. The summed E-state index contributed by atoms with van der Waals surface area (Å²) in [5, 5.41) is 2.40. The summed E-state index contributed by atoms with van der Waals surface area (Å²) in [6, 6.07) is 3.48. The summed E-state index contributed by atoms with van der Waals surface area (Å²) in [4.78, 5) is 42.4. The summed E-state index contributed by atoms with van der Waals surface area (Å²) in [6.45, 7) is 4.67. The van der Waals surface area contributed by atoms with Crippen LogP contribution in [-0.2, 0) is 24.7 Å². The quantitative estimate of drug-likeness (QED) is 0.517. The summed E-state index contributed by atoms with van der Waals surface area (Å²) in [6.07, 6.45) is -5.02. The maximum atomic E-state index is 14.9. The largest absolute Gasteiger partial charge is 0.490 e.